The molecule has 2 atom stereocenters. The van der Waals surface area contributed by atoms with Crippen LogP contribution in [-0.2, 0) is 32.7 Å². The molecule has 0 rings (SSSR count). The highest BCUT2D eigenvalue weighted by Crippen LogP contribution is 2.43. The van der Waals surface area contributed by atoms with Crippen LogP contribution >= 0.6 is 7.82 Å². The van der Waals surface area contributed by atoms with Gasteiger partial charge in [-0.05, 0) is 70.6 Å². The number of ether oxygens (including phenoxy) is 2. The van der Waals surface area contributed by atoms with Crippen molar-refractivity contribution in [2.24, 2.45) is 5.73 Å². The molecule has 0 saturated carbocycles. The Hall–Kier alpha value is -3.07. The van der Waals surface area contributed by atoms with E-state index in [2.05, 4.69) is 86.8 Å². The molecule has 0 radical (unpaired) electrons. The van der Waals surface area contributed by atoms with Crippen LogP contribution in [0.4, 0.5) is 0 Å². The quantitative estimate of drug-likeness (QED) is 0.0269. The highest BCUT2D eigenvalue weighted by atomic mass is 31.2. The maximum atomic E-state index is 12.5. The third-order valence-corrected chi connectivity index (χ3v) is 9.47. The van der Waals surface area contributed by atoms with E-state index >= 15 is 0 Å². The molecule has 10 heteroatoms. The molecule has 0 aliphatic carbocycles. The van der Waals surface area contributed by atoms with E-state index in [9.17, 15) is 19.0 Å². The van der Waals surface area contributed by atoms with Gasteiger partial charge in [0.1, 0.15) is 6.61 Å². The third-order valence-electron chi connectivity index (χ3n) is 8.48. The Kier molecular flexibility index (Phi) is 40.2. The van der Waals surface area contributed by atoms with E-state index in [1.54, 1.807) is 0 Å². The Morgan fingerprint density at radius 1 is 0.544 bits per heavy atom. The number of carbonyl (C=O) groups is 2. The van der Waals surface area contributed by atoms with Crippen LogP contribution in [0.25, 0.3) is 0 Å². The van der Waals surface area contributed by atoms with E-state index in [0.717, 1.165) is 51.4 Å². The summed E-state index contributed by atoms with van der Waals surface area (Å²) in [6.07, 6.45) is 54.7. The van der Waals surface area contributed by atoms with E-state index in [0.29, 0.717) is 12.8 Å². The van der Waals surface area contributed by atoms with Crippen molar-refractivity contribution in [2.75, 3.05) is 26.4 Å². The van der Waals surface area contributed by atoms with Gasteiger partial charge in [-0.1, -0.05) is 169 Å². The summed E-state index contributed by atoms with van der Waals surface area (Å²) in [6, 6.07) is 0. The molecule has 0 aromatic heterocycles. The van der Waals surface area contributed by atoms with Crippen LogP contribution in [0.15, 0.2) is 97.2 Å². The third kappa shape index (κ3) is 42.4. The van der Waals surface area contributed by atoms with E-state index in [1.807, 2.05) is 24.3 Å². The predicted molar refractivity (Wildman–Crippen MR) is 238 cm³/mol. The van der Waals surface area contributed by atoms with E-state index < -0.39 is 32.5 Å². The normalized spacial score (nSPS) is 14.2. The lowest BCUT2D eigenvalue weighted by Crippen LogP contribution is -2.29. The molecule has 0 bridgehead atoms. The van der Waals surface area contributed by atoms with Gasteiger partial charge < -0.3 is 20.1 Å². The smallest absolute Gasteiger partial charge is 0.462 e. The van der Waals surface area contributed by atoms with Gasteiger partial charge in [0.25, 0.3) is 0 Å². The molecule has 57 heavy (non-hydrogen) atoms. The fourth-order valence-electron chi connectivity index (χ4n) is 5.30. The number of hydrogen-bond acceptors (Lipinski definition) is 8. The van der Waals surface area contributed by atoms with Crippen molar-refractivity contribution in [1.82, 2.24) is 0 Å². The Labute approximate surface area is 346 Å². The molecule has 324 valence electrons. The Morgan fingerprint density at radius 2 is 0.965 bits per heavy atom. The molecule has 3 N–H and O–H groups in total. The lowest BCUT2D eigenvalue weighted by Gasteiger charge is -2.19. The minimum atomic E-state index is -4.41. The summed E-state index contributed by atoms with van der Waals surface area (Å²) < 4.78 is 32.6. The second kappa shape index (κ2) is 42.5. The minimum absolute atomic E-state index is 0.0304. The first kappa shape index (κ1) is 53.9. The number of allylic oxidation sites excluding steroid dienone is 16. The summed E-state index contributed by atoms with van der Waals surface area (Å²) >= 11 is 0. The number of phosphoric acid groups is 1. The highest BCUT2D eigenvalue weighted by molar-refractivity contribution is 7.47. The second-order valence-corrected chi connectivity index (χ2v) is 15.3. The van der Waals surface area contributed by atoms with Gasteiger partial charge in [-0.3, -0.25) is 18.6 Å². The van der Waals surface area contributed by atoms with Crippen LogP contribution in [0.2, 0.25) is 0 Å². The first-order valence-electron chi connectivity index (χ1n) is 21.7. The van der Waals surface area contributed by atoms with Gasteiger partial charge in [-0.2, -0.15) is 0 Å². The minimum Gasteiger partial charge on any atom is -0.462 e. The largest absolute Gasteiger partial charge is 0.472 e. The van der Waals surface area contributed by atoms with Gasteiger partial charge >= 0.3 is 19.8 Å². The van der Waals surface area contributed by atoms with Gasteiger partial charge in [-0.25, -0.2) is 4.57 Å². The van der Waals surface area contributed by atoms with Crippen LogP contribution < -0.4 is 5.73 Å². The number of carbonyl (C=O) groups excluding carboxylic acids is 2. The highest BCUT2D eigenvalue weighted by Gasteiger charge is 2.25. The van der Waals surface area contributed by atoms with Gasteiger partial charge in [-0.15, -0.1) is 0 Å². The topological polar surface area (TPSA) is 134 Å². The number of hydrogen-bond donors (Lipinski definition) is 2. The van der Waals surface area contributed by atoms with Crippen LogP contribution in [0.3, 0.4) is 0 Å². The zero-order valence-corrected chi connectivity index (χ0v) is 36.4. The maximum Gasteiger partial charge on any atom is 0.472 e. The van der Waals surface area contributed by atoms with Gasteiger partial charge in [0.05, 0.1) is 13.2 Å². The Balaban J connectivity index is 4.37. The molecule has 0 fully saturated rings. The summed E-state index contributed by atoms with van der Waals surface area (Å²) in [6.45, 7) is 3.45. The molecular formula is C47H78NO8P. The molecule has 0 aliphatic heterocycles. The lowest BCUT2D eigenvalue weighted by molar-refractivity contribution is -0.161. The first-order chi connectivity index (χ1) is 27.8. The van der Waals surface area contributed by atoms with Gasteiger partial charge in [0.2, 0.25) is 0 Å². The zero-order chi connectivity index (χ0) is 41.8. The molecule has 0 spiro atoms. The van der Waals surface area contributed by atoms with E-state index in [1.165, 1.54) is 64.2 Å². The number of nitrogens with two attached hydrogens (primary N) is 1. The average Bonchev–Trinajstić information content (AvgIpc) is 3.20. The Bertz CT molecular complexity index is 1250. The first-order valence-corrected chi connectivity index (χ1v) is 23.2. The predicted octanol–water partition coefficient (Wildman–Crippen LogP) is 12.6. The summed E-state index contributed by atoms with van der Waals surface area (Å²) in [5.41, 5.74) is 5.34. The van der Waals surface area contributed by atoms with E-state index in [-0.39, 0.29) is 32.6 Å². The molecule has 0 heterocycles. The van der Waals surface area contributed by atoms with Crippen LogP contribution in [0.5, 0.6) is 0 Å². The van der Waals surface area contributed by atoms with Crippen molar-refractivity contribution in [3.63, 3.8) is 0 Å². The van der Waals surface area contributed by atoms with Gasteiger partial charge in [0.15, 0.2) is 6.10 Å². The standard InChI is InChI=1S/C47H78NO8P/c1-3-5-7-9-11-13-15-17-19-21-22-24-26-28-30-32-34-36-38-40-47(50)56-45(44-55-57(51,52)54-42-41-48)43-53-46(49)39-37-35-33-31-29-27-25-23-20-18-16-14-12-10-8-6-4-2/h5,7,11,13,17,19,22,24,27-30,33-36,45H,3-4,6,8-10,12,14-16,18,20-21,23,25-26,31-32,37-44,48H2,1-2H3,(H,51,52)/b7-5-,13-11-,19-17-,24-22-,29-27-,30-28-,35-33-,36-34-. The monoisotopic (exact) mass is 816 g/mol. The average molecular weight is 816 g/mol. The zero-order valence-electron chi connectivity index (χ0n) is 35.5. The van der Waals surface area contributed by atoms with Crippen molar-refractivity contribution in [2.45, 2.75) is 161 Å². The SMILES string of the molecule is CC/C=C\C/C=C\C/C=C\C/C=C\C/C=C\C/C=C\CCC(=O)OC(COC(=O)CC/C=C\C/C=C\CCCCCCCCCCCC)COP(=O)(O)OCCN. The van der Waals surface area contributed by atoms with Gasteiger partial charge in [0, 0.05) is 19.4 Å². The van der Waals surface area contributed by atoms with Crippen LogP contribution in [-0.4, -0.2) is 49.3 Å². The van der Waals surface area contributed by atoms with Crippen LogP contribution in [0, 0.1) is 0 Å². The van der Waals surface area contributed by atoms with Crippen molar-refractivity contribution in [3.8, 4) is 0 Å². The lowest BCUT2D eigenvalue weighted by atomic mass is 10.1. The molecule has 0 aromatic rings. The summed E-state index contributed by atoms with van der Waals surface area (Å²) in [5, 5.41) is 0. The van der Waals surface area contributed by atoms with Crippen molar-refractivity contribution in [3.05, 3.63) is 97.2 Å². The maximum absolute atomic E-state index is 12.5. The molecule has 9 nitrogen and oxygen atoms in total. The van der Waals surface area contributed by atoms with Crippen molar-refractivity contribution < 1.29 is 37.6 Å². The molecule has 0 aliphatic rings. The molecule has 2 unspecified atom stereocenters. The number of rotatable bonds is 39. The number of phosphoric ester groups is 1. The molecule has 0 amide bonds. The molecule has 0 saturated heterocycles. The second-order valence-electron chi connectivity index (χ2n) is 13.8. The summed E-state index contributed by atoms with van der Waals surface area (Å²) in [7, 11) is -4.41. The fourth-order valence-corrected chi connectivity index (χ4v) is 6.07. The van der Waals surface area contributed by atoms with Crippen LogP contribution in [0.1, 0.15) is 155 Å². The Morgan fingerprint density at radius 3 is 1.44 bits per heavy atom. The number of esters is 2. The molecule has 0 aromatic carbocycles. The molecular weight excluding hydrogens is 737 g/mol. The number of unbranched alkanes of at least 4 members (excludes halogenated alkanes) is 10. The fraction of sp³-hybridized carbons (Fsp3) is 0.617. The summed E-state index contributed by atoms with van der Waals surface area (Å²) in [5.74, 6) is -1.01. The van der Waals surface area contributed by atoms with Crippen molar-refractivity contribution >= 4 is 19.8 Å². The summed E-state index contributed by atoms with van der Waals surface area (Å²) in [4.78, 5) is 34.8. The van der Waals surface area contributed by atoms with Crippen molar-refractivity contribution in [1.29, 1.82) is 0 Å². The van der Waals surface area contributed by atoms with E-state index in [4.69, 9.17) is 24.3 Å².